The summed E-state index contributed by atoms with van der Waals surface area (Å²) in [7, 11) is 0. The molecule has 8 heteroatoms. The number of aryl methyl sites for hydroxylation is 1. The Kier molecular flexibility index (Phi) is 7.22. The van der Waals surface area contributed by atoms with Gasteiger partial charge in [-0.2, -0.15) is 0 Å². The van der Waals surface area contributed by atoms with Crippen LogP contribution in [0.15, 0.2) is 77.4 Å². The van der Waals surface area contributed by atoms with Crippen molar-refractivity contribution in [3.63, 3.8) is 0 Å². The highest BCUT2D eigenvalue weighted by Crippen LogP contribution is 2.37. The average molecular weight is 514 g/mol. The lowest BCUT2D eigenvalue weighted by Crippen LogP contribution is -2.39. The van der Waals surface area contributed by atoms with E-state index >= 15 is 0 Å². The summed E-state index contributed by atoms with van der Waals surface area (Å²) in [6, 6.07) is 19.8. The van der Waals surface area contributed by atoms with Crippen LogP contribution in [0.2, 0.25) is 0 Å². The number of benzene rings is 3. The Labute approximate surface area is 220 Å². The van der Waals surface area contributed by atoms with Gasteiger partial charge in [-0.05, 0) is 59.9 Å². The maximum Gasteiger partial charge on any atom is 0.273 e. The number of oxazole rings is 1. The van der Waals surface area contributed by atoms with E-state index in [1.165, 1.54) is 24.0 Å². The number of amides is 2. The molecule has 2 amide bonds. The molecule has 4 aromatic rings. The van der Waals surface area contributed by atoms with Gasteiger partial charge in [0, 0.05) is 20.0 Å². The normalized spacial score (nSPS) is 14.6. The molecule has 7 nitrogen and oxygen atoms in total. The molecule has 0 aliphatic carbocycles. The van der Waals surface area contributed by atoms with Gasteiger partial charge in [-0.1, -0.05) is 48.0 Å². The fourth-order valence-electron chi connectivity index (χ4n) is 4.63. The molecule has 1 atom stereocenters. The number of fused-ring (bicyclic) bond motifs is 1. The molecular weight excluding hydrogens is 485 g/mol. The Hall–Kier alpha value is -4.46. The molecule has 5 rings (SSSR count). The molecule has 1 aliphatic rings. The first-order valence-electron chi connectivity index (χ1n) is 12.4. The highest BCUT2D eigenvalue weighted by molar-refractivity contribution is 5.91. The molecule has 194 valence electrons. The molecule has 0 radical (unpaired) electrons. The molecule has 2 heterocycles. The van der Waals surface area contributed by atoms with Crippen LogP contribution < -0.4 is 10.1 Å². The number of carbonyl (C=O) groups is 2. The van der Waals surface area contributed by atoms with E-state index in [-0.39, 0.29) is 42.5 Å². The first-order valence-corrected chi connectivity index (χ1v) is 12.4. The first-order chi connectivity index (χ1) is 18.4. The Morgan fingerprint density at radius 3 is 2.61 bits per heavy atom. The van der Waals surface area contributed by atoms with Gasteiger partial charge in [0.25, 0.3) is 5.91 Å². The van der Waals surface area contributed by atoms with Gasteiger partial charge >= 0.3 is 0 Å². The van der Waals surface area contributed by atoms with Crippen molar-refractivity contribution >= 4 is 11.8 Å². The summed E-state index contributed by atoms with van der Waals surface area (Å²) < 4.78 is 24.5. The number of hydrogen-bond acceptors (Lipinski definition) is 5. The van der Waals surface area contributed by atoms with E-state index in [0.29, 0.717) is 12.3 Å². The highest BCUT2D eigenvalue weighted by atomic mass is 19.1. The zero-order valence-electron chi connectivity index (χ0n) is 21.2. The van der Waals surface area contributed by atoms with Crippen molar-refractivity contribution in [2.45, 2.75) is 39.5 Å². The van der Waals surface area contributed by atoms with E-state index in [1.54, 1.807) is 19.1 Å². The summed E-state index contributed by atoms with van der Waals surface area (Å²) in [5.41, 5.74) is 5.32. The van der Waals surface area contributed by atoms with Crippen LogP contribution >= 0.6 is 0 Å². The summed E-state index contributed by atoms with van der Waals surface area (Å²) in [5.74, 6) is 0.171. The van der Waals surface area contributed by atoms with Crippen LogP contribution in [0.1, 0.15) is 57.2 Å². The standard InChI is InChI=1S/C30H28FN3O4/c1-19-3-7-23(8-4-19)29-26-15-25(12-9-22(26)13-14-34(29)20(2)35)37-18-28-33-27(17-38-28)30(36)32-16-21-5-10-24(31)11-6-21/h3-12,15,17,29H,13-14,16,18H2,1-2H3,(H,32,36). The smallest absolute Gasteiger partial charge is 0.273 e. The number of halogens is 1. The summed E-state index contributed by atoms with van der Waals surface area (Å²) in [4.78, 5) is 31.0. The van der Waals surface area contributed by atoms with Crippen LogP contribution in [-0.2, 0) is 24.4 Å². The van der Waals surface area contributed by atoms with Crippen LogP contribution in [-0.4, -0.2) is 28.2 Å². The molecule has 0 saturated carbocycles. The Morgan fingerprint density at radius 1 is 1.11 bits per heavy atom. The zero-order valence-corrected chi connectivity index (χ0v) is 21.2. The van der Waals surface area contributed by atoms with Crippen molar-refractivity contribution in [2.24, 2.45) is 0 Å². The van der Waals surface area contributed by atoms with E-state index in [9.17, 15) is 14.0 Å². The summed E-state index contributed by atoms with van der Waals surface area (Å²) in [6.07, 6.45) is 2.05. The van der Waals surface area contributed by atoms with Crippen molar-refractivity contribution < 1.29 is 23.1 Å². The monoisotopic (exact) mass is 513 g/mol. The van der Waals surface area contributed by atoms with Crippen molar-refractivity contribution in [3.8, 4) is 5.75 Å². The Bertz CT molecular complexity index is 1450. The minimum absolute atomic E-state index is 0.0255. The zero-order chi connectivity index (χ0) is 26.6. The van der Waals surface area contributed by atoms with E-state index in [0.717, 1.165) is 28.7 Å². The minimum Gasteiger partial charge on any atom is -0.484 e. The summed E-state index contributed by atoms with van der Waals surface area (Å²) >= 11 is 0. The van der Waals surface area contributed by atoms with Crippen LogP contribution in [0.25, 0.3) is 0 Å². The maximum atomic E-state index is 13.1. The van der Waals surface area contributed by atoms with Gasteiger partial charge in [0.1, 0.15) is 17.8 Å². The number of carbonyl (C=O) groups excluding carboxylic acids is 2. The van der Waals surface area contributed by atoms with E-state index in [1.807, 2.05) is 30.0 Å². The molecule has 0 spiro atoms. The number of nitrogens with one attached hydrogen (secondary N) is 1. The van der Waals surface area contributed by atoms with Gasteiger partial charge in [-0.15, -0.1) is 0 Å². The number of hydrogen-bond donors (Lipinski definition) is 1. The van der Waals surface area contributed by atoms with E-state index < -0.39 is 5.91 Å². The summed E-state index contributed by atoms with van der Waals surface area (Å²) in [6.45, 7) is 4.57. The fraction of sp³-hybridized carbons (Fsp3) is 0.233. The number of aromatic nitrogens is 1. The average Bonchev–Trinajstić information content (AvgIpc) is 3.40. The first kappa shape index (κ1) is 25.2. The van der Waals surface area contributed by atoms with Crippen molar-refractivity contribution in [3.05, 3.63) is 118 Å². The third-order valence-electron chi connectivity index (χ3n) is 6.66. The van der Waals surface area contributed by atoms with Gasteiger partial charge in [-0.25, -0.2) is 9.37 Å². The third-order valence-corrected chi connectivity index (χ3v) is 6.66. The number of rotatable bonds is 7. The minimum atomic E-state index is -0.400. The molecule has 3 aromatic carbocycles. The predicted octanol–water partition coefficient (Wildman–Crippen LogP) is 5.13. The van der Waals surface area contributed by atoms with Crippen LogP contribution in [0.3, 0.4) is 0 Å². The van der Waals surface area contributed by atoms with Crippen molar-refractivity contribution in [1.82, 2.24) is 15.2 Å². The maximum absolute atomic E-state index is 13.1. The van der Waals surface area contributed by atoms with E-state index in [4.69, 9.17) is 9.15 Å². The number of ether oxygens (including phenoxy) is 1. The molecule has 0 bridgehead atoms. The second-order valence-corrected chi connectivity index (χ2v) is 9.36. The van der Waals surface area contributed by atoms with Gasteiger partial charge in [0.2, 0.25) is 11.8 Å². The topological polar surface area (TPSA) is 84.7 Å². The van der Waals surface area contributed by atoms with E-state index in [2.05, 4.69) is 34.6 Å². The molecule has 38 heavy (non-hydrogen) atoms. The second kappa shape index (κ2) is 10.9. The quantitative estimate of drug-likeness (QED) is 0.371. The lowest BCUT2D eigenvalue weighted by molar-refractivity contribution is -0.130. The lowest BCUT2D eigenvalue weighted by Gasteiger charge is -2.37. The molecule has 1 aromatic heterocycles. The SMILES string of the molecule is CC(=O)N1CCc2ccc(OCc3nc(C(=O)NCc4ccc(F)cc4)co3)cc2C1c1ccc(C)cc1. The van der Waals surface area contributed by atoms with Crippen LogP contribution in [0, 0.1) is 12.7 Å². The molecule has 1 aliphatic heterocycles. The third kappa shape index (κ3) is 5.59. The van der Waals surface area contributed by atoms with Crippen LogP contribution in [0.5, 0.6) is 5.75 Å². The van der Waals surface area contributed by atoms with Gasteiger partial charge < -0.3 is 19.4 Å². The second-order valence-electron chi connectivity index (χ2n) is 9.36. The lowest BCUT2D eigenvalue weighted by atomic mass is 9.87. The predicted molar refractivity (Wildman–Crippen MR) is 139 cm³/mol. The van der Waals surface area contributed by atoms with Gasteiger partial charge in [-0.3, -0.25) is 9.59 Å². The number of nitrogens with zero attached hydrogens (tertiary/aromatic N) is 2. The molecule has 0 saturated heterocycles. The van der Waals surface area contributed by atoms with Crippen molar-refractivity contribution in [2.75, 3.05) is 6.54 Å². The molecular formula is C30H28FN3O4. The molecule has 0 fully saturated rings. The van der Waals surface area contributed by atoms with Gasteiger partial charge in [0.05, 0.1) is 6.04 Å². The largest absolute Gasteiger partial charge is 0.484 e. The molecule has 1 unspecified atom stereocenters. The van der Waals surface area contributed by atoms with Crippen molar-refractivity contribution in [1.29, 1.82) is 0 Å². The summed E-state index contributed by atoms with van der Waals surface area (Å²) in [5, 5.41) is 2.74. The fourth-order valence-corrected chi connectivity index (χ4v) is 4.63. The molecule has 1 N–H and O–H groups in total. The Balaban J connectivity index is 1.27. The highest BCUT2D eigenvalue weighted by Gasteiger charge is 2.30. The van der Waals surface area contributed by atoms with Gasteiger partial charge in [0.15, 0.2) is 12.3 Å². The van der Waals surface area contributed by atoms with Crippen LogP contribution in [0.4, 0.5) is 4.39 Å². The Morgan fingerprint density at radius 2 is 1.87 bits per heavy atom.